The van der Waals surface area contributed by atoms with Gasteiger partial charge in [-0.2, -0.15) is 0 Å². The Morgan fingerprint density at radius 3 is 2.87 bits per heavy atom. The Morgan fingerprint density at radius 2 is 2.27 bits per heavy atom. The van der Waals surface area contributed by atoms with E-state index in [1.165, 1.54) is 0 Å². The molecule has 2 atom stereocenters. The number of hydrogen-bond donors (Lipinski definition) is 3. The van der Waals surface area contributed by atoms with E-state index in [0.29, 0.717) is 6.54 Å². The van der Waals surface area contributed by atoms with Crippen molar-refractivity contribution in [3.05, 3.63) is 0 Å². The van der Waals surface area contributed by atoms with Crippen LogP contribution in [0.25, 0.3) is 0 Å². The number of carbonyl (C=O) groups excluding carboxylic acids is 2. The Hall–Kier alpha value is -1.10. The van der Waals surface area contributed by atoms with Gasteiger partial charge in [-0.05, 0) is 19.4 Å². The highest BCUT2D eigenvalue weighted by Gasteiger charge is 2.30. The first-order valence-electron chi connectivity index (χ1n) is 5.44. The van der Waals surface area contributed by atoms with Gasteiger partial charge >= 0.3 is 0 Å². The lowest BCUT2D eigenvalue weighted by atomic mass is 9.98. The fourth-order valence-electron chi connectivity index (χ4n) is 1.95. The van der Waals surface area contributed by atoms with Gasteiger partial charge < -0.3 is 16.4 Å². The molecule has 0 aliphatic carbocycles. The molecule has 0 aromatic rings. The predicted octanol–water partition coefficient (Wildman–Crippen LogP) is -0.634. The lowest BCUT2D eigenvalue weighted by Crippen LogP contribution is -2.39. The molecule has 5 nitrogen and oxygen atoms in total. The summed E-state index contributed by atoms with van der Waals surface area (Å²) < 4.78 is 0. The molecule has 0 bridgehead atoms. The van der Waals surface area contributed by atoms with Gasteiger partial charge in [0.1, 0.15) is 0 Å². The molecular formula is C10H19N3O2. The van der Waals surface area contributed by atoms with Crippen LogP contribution in [0.4, 0.5) is 0 Å². The molecule has 0 spiro atoms. The van der Waals surface area contributed by atoms with E-state index in [1.807, 2.05) is 0 Å². The average molecular weight is 213 g/mol. The molecule has 1 fully saturated rings. The maximum atomic E-state index is 11.7. The second-order valence-electron chi connectivity index (χ2n) is 3.87. The zero-order valence-electron chi connectivity index (χ0n) is 9.08. The predicted molar refractivity (Wildman–Crippen MR) is 57.0 cm³/mol. The first-order chi connectivity index (χ1) is 7.15. The number of nitrogens with one attached hydrogen (secondary N) is 2. The number of amides is 2. The van der Waals surface area contributed by atoms with Crippen LogP contribution in [0.15, 0.2) is 0 Å². The summed E-state index contributed by atoms with van der Waals surface area (Å²) in [6, 6.07) is 0.276. The smallest absolute Gasteiger partial charge is 0.224 e. The van der Waals surface area contributed by atoms with Crippen molar-refractivity contribution in [1.82, 2.24) is 10.6 Å². The fourth-order valence-corrected chi connectivity index (χ4v) is 1.95. The molecule has 1 saturated heterocycles. The fraction of sp³-hybridized carbons (Fsp3) is 0.800. The summed E-state index contributed by atoms with van der Waals surface area (Å²) in [6.45, 7) is 3.31. The Labute approximate surface area is 89.8 Å². The highest BCUT2D eigenvalue weighted by atomic mass is 16.2. The summed E-state index contributed by atoms with van der Waals surface area (Å²) in [5.41, 5.74) is 4.98. The number of carbonyl (C=O) groups is 2. The summed E-state index contributed by atoms with van der Waals surface area (Å²) in [6.07, 6.45) is 2.04. The van der Waals surface area contributed by atoms with Crippen molar-refractivity contribution < 1.29 is 9.59 Å². The van der Waals surface area contributed by atoms with Gasteiger partial charge in [0.05, 0.1) is 5.92 Å². The first kappa shape index (κ1) is 12.0. The van der Waals surface area contributed by atoms with E-state index in [0.717, 1.165) is 19.4 Å². The molecule has 0 saturated carbocycles. The lowest BCUT2D eigenvalue weighted by molar-refractivity contribution is -0.125. The standard InChI is InChI=1S/C10H19N3O2/c1-2-8-7(3-5-12-8)10(15)13-6-4-9(11)14/h7-8,12H,2-6H2,1H3,(H2,11,14)(H,13,15). The molecule has 1 aliphatic heterocycles. The third-order valence-corrected chi connectivity index (χ3v) is 2.79. The highest BCUT2D eigenvalue weighted by Crippen LogP contribution is 2.17. The van der Waals surface area contributed by atoms with Crippen molar-refractivity contribution in [1.29, 1.82) is 0 Å². The molecule has 2 amide bonds. The number of nitrogens with two attached hydrogens (primary N) is 1. The minimum atomic E-state index is -0.383. The minimum absolute atomic E-state index is 0.0353. The lowest BCUT2D eigenvalue weighted by Gasteiger charge is -2.16. The van der Waals surface area contributed by atoms with E-state index in [1.54, 1.807) is 0 Å². The van der Waals surface area contributed by atoms with Crippen molar-refractivity contribution in [2.45, 2.75) is 32.2 Å². The molecule has 0 aromatic carbocycles. The molecule has 1 aliphatic rings. The van der Waals surface area contributed by atoms with E-state index < -0.39 is 0 Å². The van der Waals surface area contributed by atoms with Crippen LogP contribution in [-0.2, 0) is 9.59 Å². The summed E-state index contributed by atoms with van der Waals surface area (Å²) in [5.74, 6) is -0.303. The van der Waals surface area contributed by atoms with Gasteiger partial charge in [0.15, 0.2) is 0 Å². The molecule has 15 heavy (non-hydrogen) atoms. The summed E-state index contributed by atoms with van der Waals surface area (Å²) >= 11 is 0. The monoisotopic (exact) mass is 213 g/mol. The molecule has 4 N–H and O–H groups in total. The third-order valence-electron chi connectivity index (χ3n) is 2.79. The topological polar surface area (TPSA) is 84.2 Å². The second kappa shape index (κ2) is 5.70. The molecule has 5 heteroatoms. The Kier molecular flexibility index (Phi) is 4.55. The molecule has 1 rings (SSSR count). The van der Waals surface area contributed by atoms with Crippen LogP contribution in [-0.4, -0.2) is 30.9 Å². The van der Waals surface area contributed by atoms with Crippen LogP contribution in [0.2, 0.25) is 0 Å². The van der Waals surface area contributed by atoms with Crippen LogP contribution in [0.5, 0.6) is 0 Å². The van der Waals surface area contributed by atoms with Gasteiger partial charge in [-0.25, -0.2) is 0 Å². The van der Waals surface area contributed by atoms with E-state index in [-0.39, 0.29) is 30.2 Å². The van der Waals surface area contributed by atoms with Crippen molar-refractivity contribution in [3.63, 3.8) is 0 Å². The van der Waals surface area contributed by atoms with Crippen molar-refractivity contribution in [3.8, 4) is 0 Å². The van der Waals surface area contributed by atoms with Crippen LogP contribution < -0.4 is 16.4 Å². The van der Waals surface area contributed by atoms with Gasteiger partial charge in [-0.1, -0.05) is 6.92 Å². The Bertz CT molecular complexity index is 243. The van der Waals surface area contributed by atoms with Crippen molar-refractivity contribution in [2.75, 3.05) is 13.1 Å². The Morgan fingerprint density at radius 1 is 1.53 bits per heavy atom. The van der Waals surface area contributed by atoms with Crippen molar-refractivity contribution in [2.24, 2.45) is 11.7 Å². The third kappa shape index (κ3) is 3.51. The van der Waals surface area contributed by atoms with Gasteiger partial charge in [0.2, 0.25) is 11.8 Å². The molecule has 1 heterocycles. The molecule has 0 aromatic heterocycles. The maximum Gasteiger partial charge on any atom is 0.224 e. The first-order valence-corrected chi connectivity index (χ1v) is 5.44. The number of rotatable bonds is 5. The van der Waals surface area contributed by atoms with E-state index in [4.69, 9.17) is 5.73 Å². The highest BCUT2D eigenvalue weighted by molar-refractivity contribution is 5.80. The molecular weight excluding hydrogens is 194 g/mol. The van der Waals surface area contributed by atoms with Crippen molar-refractivity contribution >= 4 is 11.8 Å². The van der Waals surface area contributed by atoms with E-state index in [9.17, 15) is 9.59 Å². The van der Waals surface area contributed by atoms with Gasteiger partial charge in [-0.3, -0.25) is 9.59 Å². The zero-order valence-corrected chi connectivity index (χ0v) is 9.08. The normalized spacial score (nSPS) is 25.1. The quantitative estimate of drug-likeness (QED) is 0.568. The molecule has 2 unspecified atom stereocenters. The largest absolute Gasteiger partial charge is 0.370 e. The SMILES string of the molecule is CCC1NCCC1C(=O)NCCC(N)=O. The van der Waals surface area contributed by atoms with Gasteiger partial charge in [-0.15, -0.1) is 0 Å². The summed E-state index contributed by atoms with van der Waals surface area (Å²) in [5, 5.41) is 6.02. The van der Waals surface area contributed by atoms with Crippen LogP contribution in [0.1, 0.15) is 26.2 Å². The zero-order chi connectivity index (χ0) is 11.3. The van der Waals surface area contributed by atoms with Crippen LogP contribution in [0.3, 0.4) is 0 Å². The van der Waals surface area contributed by atoms with Gasteiger partial charge in [0, 0.05) is 19.0 Å². The molecule has 0 radical (unpaired) electrons. The second-order valence-corrected chi connectivity index (χ2v) is 3.87. The van der Waals surface area contributed by atoms with Crippen LogP contribution >= 0.6 is 0 Å². The summed E-state index contributed by atoms with van der Waals surface area (Å²) in [4.78, 5) is 22.2. The van der Waals surface area contributed by atoms with E-state index in [2.05, 4.69) is 17.6 Å². The van der Waals surface area contributed by atoms with Crippen LogP contribution in [0, 0.1) is 5.92 Å². The van der Waals surface area contributed by atoms with Gasteiger partial charge in [0.25, 0.3) is 0 Å². The Balaban J connectivity index is 2.29. The number of primary amides is 1. The van der Waals surface area contributed by atoms with E-state index >= 15 is 0 Å². The summed E-state index contributed by atoms with van der Waals surface area (Å²) in [7, 11) is 0. The number of hydrogen-bond acceptors (Lipinski definition) is 3. The molecule has 86 valence electrons. The maximum absolute atomic E-state index is 11.7. The average Bonchev–Trinajstić information content (AvgIpc) is 2.64. The minimum Gasteiger partial charge on any atom is -0.370 e.